The second kappa shape index (κ2) is 10.4. The second-order valence-corrected chi connectivity index (χ2v) is 8.22. The highest BCUT2D eigenvalue weighted by molar-refractivity contribution is 5.78. The molecule has 32 heavy (non-hydrogen) atoms. The van der Waals surface area contributed by atoms with Crippen LogP contribution in [0.3, 0.4) is 0 Å². The van der Waals surface area contributed by atoms with E-state index in [4.69, 9.17) is 5.10 Å². The molecule has 7 heteroatoms. The number of benzene rings is 2. The first-order valence-corrected chi connectivity index (χ1v) is 11.1. The Hall–Kier alpha value is -3.19. The Labute approximate surface area is 190 Å². The van der Waals surface area contributed by atoms with Crippen LogP contribution in [-0.4, -0.2) is 67.5 Å². The molecule has 7 nitrogen and oxygen atoms in total. The van der Waals surface area contributed by atoms with Crippen molar-refractivity contribution in [3.63, 3.8) is 0 Å². The molecule has 170 valence electrons. The van der Waals surface area contributed by atoms with Crippen molar-refractivity contribution < 1.29 is 0 Å². The molecular weight excluding hydrogens is 400 g/mol. The fourth-order valence-electron chi connectivity index (χ4n) is 3.57. The molecule has 0 bridgehead atoms. The largest absolute Gasteiger partial charge is 0.378 e. The summed E-state index contributed by atoms with van der Waals surface area (Å²) in [6.07, 6.45) is 0. The molecule has 0 N–H and O–H groups in total. The number of aromatic nitrogens is 3. The molecule has 0 amide bonds. The van der Waals surface area contributed by atoms with E-state index >= 15 is 0 Å². The average molecular weight is 435 g/mol. The molecule has 0 saturated carbocycles. The minimum Gasteiger partial charge on any atom is -0.378 e. The molecule has 2 aromatic carbocycles. The maximum Gasteiger partial charge on any atom is 0.364 e. The van der Waals surface area contributed by atoms with Crippen LogP contribution in [0.1, 0.15) is 13.8 Å². The van der Waals surface area contributed by atoms with Gasteiger partial charge in [0, 0.05) is 57.2 Å². The van der Waals surface area contributed by atoms with E-state index in [0.717, 1.165) is 42.1 Å². The van der Waals surface area contributed by atoms with Gasteiger partial charge in [0.2, 0.25) is 0 Å². The van der Waals surface area contributed by atoms with Crippen molar-refractivity contribution in [2.45, 2.75) is 20.4 Å². The predicted molar refractivity (Wildman–Crippen MR) is 134 cm³/mol. The third-order valence-corrected chi connectivity index (χ3v) is 5.71. The molecular formula is C25H34N6O. The molecule has 0 spiro atoms. The van der Waals surface area contributed by atoms with Crippen LogP contribution in [0.15, 0.2) is 53.3 Å². The van der Waals surface area contributed by atoms with Crippen LogP contribution in [0, 0.1) is 0 Å². The highest BCUT2D eigenvalue weighted by Crippen LogP contribution is 2.30. The molecule has 0 aliphatic heterocycles. The zero-order valence-corrected chi connectivity index (χ0v) is 20.0. The Morgan fingerprint density at radius 2 is 1.22 bits per heavy atom. The van der Waals surface area contributed by atoms with E-state index in [9.17, 15) is 4.79 Å². The second-order valence-electron chi connectivity index (χ2n) is 8.22. The van der Waals surface area contributed by atoms with Crippen molar-refractivity contribution in [3.05, 3.63) is 59.0 Å². The summed E-state index contributed by atoms with van der Waals surface area (Å²) in [5.41, 5.74) is 5.01. The quantitative estimate of drug-likeness (QED) is 0.514. The zero-order valence-electron chi connectivity index (χ0n) is 20.0. The minimum absolute atomic E-state index is 0.322. The lowest BCUT2D eigenvalue weighted by Crippen LogP contribution is -2.33. The van der Waals surface area contributed by atoms with Gasteiger partial charge in [-0.25, -0.2) is 9.48 Å². The highest BCUT2D eigenvalue weighted by atomic mass is 16.1. The van der Waals surface area contributed by atoms with Crippen molar-refractivity contribution in [3.8, 4) is 22.5 Å². The lowest BCUT2D eigenvalue weighted by molar-refractivity contribution is 0.282. The van der Waals surface area contributed by atoms with Gasteiger partial charge in [-0.2, -0.15) is 10.1 Å². The summed E-state index contributed by atoms with van der Waals surface area (Å²) >= 11 is 0. The van der Waals surface area contributed by atoms with Crippen molar-refractivity contribution >= 4 is 11.4 Å². The maximum absolute atomic E-state index is 12.9. The Morgan fingerprint density at radius 3 is 1.66 bits per heavy atom. The Kier molecular flexibility index (Phi) is 7.64. The molecule has 0 saturated heterocycles. The van der Waals surface area contributed by atoms with E-state index in [-0.39, 0.29) is 5.69 Å². The molecule has 0 unspecified atom stereocenters. The third kappa shape index (κ3) is 5.34. The van der Waals surface area contributed by atoms with Gasteiger partial charge in [-0.1, -0.05) is 38.1 Å². The van der Waals surface area contributed by atoms with Crippen LogP contribution >= 0.6 is 0 Å². The van der Waals surface area contributed by atoms with Gasteiger partial charge in [-0.15, -0.1) is 0 Å². The summed E-state index contributed by atoms with van der Waals surface area (Å²) in [6, 6.07) is 16.2. The summed E-state index contributed by atoms with van der Waals surface area (Å²) in [4.78, 5) is 23.7. The fraction of sp³-hybridized carbons (Fsp3) is 0.400. The van der Waals surface area contributed by atoms with E-state index in [1.807, 2.05) is 69.5 Å². The van der Waals surface area contributed by atoms with Crippen molar-refractivity contribution in [2.75, 3.05) is 57.6 Å². The third-order valence-electron chi connectivity index (χ3n) is 5.71. The molecule has 0 atom stereocenters. The van der Waals surface area contributed by atoms with Crippen LogP contribution in [0.2, 0.25) is 0 Å². The summed E-state index contributed by atoms with van der Waals surface area (Å²) in [7, 11) is 8.03. The van der Waals surface area contributed by atoms with Crippen LogP contribution in [0.5, 0.6) is 0 Å². The van der Waals surface area contributed by atoms with Crippen LogP contribution in [0.4, 0.5) is 11.4 Å². The summed E-state index contributed by atoms with van der Waals surface area (Å²) in [5, 5.41) is 4.78. The molecule has 0 aliphatic rings. The topological polar surface area (TPSA) is 57.5 Å². The predicted octanol–water partition coefficient (Wildman–Crippen LogP) is 3.45. The van der Waals surface area contributed by atoms with Gasteiger partial charge >= 0.3 is 5.69 Å². The first kappa shape index (κ1) is 23.5. The lowest BCUT2D eigenvalue weighted by atomic mass is 10.0. The van der Waals surface area contributed by atoms with Gasteiger partial charge in [-0.3, -0.25) is 0 Å². The van der Waals surface area contributed by atoms with Crippen LogP contribution < -0.4 is 15.5 Å². The van der Waals surface area contributed by atoms with Crippen molar-refractivity contribution in [1.29, 1.82) is 0 Å². The van der Waals surface area contributed by atoms with E-state index in [1.165, 1.54) is 4.68 Å². The van der Waals surface area contributed by atoms with E-state index in [0.29, 0.717) is 17.9 Å². The SMILES string of the molecule is CCN(CC)CCn1nc(-c2ccc(N(C)C)cc2)c(-c2ccc(N(C)C)cc2)nc1=O. The van der Waals surface area contributed by atoms with Crippen LogP contribution in [-0.2, 0) is 6.54 Å². The summed E-state index contributed by atoms with van der Waals surface area (Å²) in [6.45, 7) is 7.39. The minimum atomic E-state index is -0.322. The molecule has 3 rings (SSSR count). The molecule has 0 aliphatic carbocycles. The molecule has 1 aromatic heterocycles. The number of rotatable bonds is 9. The smallest absolute Gasteiger partial charge is 0.364 e. The maximum atomic E-state index is 12.9. The Balaban J connectivity index is 2.08. The van der Waals surface area contributed by atoms with Crippen molar-refractivity contribution in [1.82, 2.24) is 19.7 Å². The standard InChI is InChI=1S/C25H34N6O/c1-7-30(8-2)17-18-31-25(32)26-23(19-9-13-21(14-10-19)28(3)4)24(27-31)20-11-15-22(16-12-20)29(5)6/h9-16H,7-8,17-18H2,1-6H3. The van der Waals surface area contributed by atoms with Gasteiger partial charge in [0.1, 0.15) is 11.4 Å². The molecule has 0 radical (unpaired) electrons. The highest BCUT2D eigenvalue weighted by Gasteiger charge is 2.16. The van der Waals surface area contributed by atoms with E-state index in [2.05, 4.69) is 40.8 Å². The fourth-order valence-corrected chi connectivity index (χ4v) is 3.57. The Bertz CT molecular complexity index is 1070. The van der Waals surface area contributed by atoms with Crippen LogP contribution in [0.25, 0.3) is 22.5 Å². The summed E-state index contributed by atoms with van der Waals surface area (Å²) < 4.78 is 1.49. The van der Waals surface area contributed by atoms with Gasteiger partial charge in [-0.05, 0) is 37.4 Å². The molecule has 1 heterocycles. The van der Waals surface area contributed by atoms with Gasteiger partial charge in [0.05, 0.1) is 6.54 Å². The first-order valence-electron chi connectivity index (χ1n) is 11.1. The lowest BCUT2D eigenvalue weighted by Gasteiger charge is -2.19. The summed E-state index contributed by atoms with van der Waals surface area (Å²) in [5.74, 6) is 0. The van der Waals surface area contributed by atoms with Gasteiger partial charge in [0.15, 0.2) is 0 Å². The van der Waals surface area contributed by atoms with E-state index < -0.39 is 0 Å². The number of hydrogen-bond donors (Lipinski definition) is 0. The normalized spacial score (nSPS) is 11.1. The van der Waals surface area contributed by atoms with Gasteiger partial charge < -0.3 is 14.7 Å². The Morgan fingerprint density at radius 1 is 0.750 bits per heavy atom. The number of anilines is 2. The number of hydrogen-bond acceptors (Lipinski definition) is 6. The van der Waals surface area contributed by atoms with Crippen molar-refractivity contribution in [2.24, 2.45) is 0 Å². The molecule has 3 aromatic rings. The molecule has 0 fully saturated rings. The zero-order chi connectivity index (χ0) is 23.3. The van der Waals surface area contributed by atoms with Gasteiger partial charge in [0.25, 0.3) is 0 Å². The number of nitrogens with zero attached hydrogens (tertiary/aromatic N) is 6. The monoisotopic (exact) mass is 434 g/mol. The number of likely N-dealkylation sites (N-methyl/N-ethyl adjacent to an activating group) is 1. The first-order chi connectivity index (χ1) is 15.3. The van der Waals surface area contributed by atoms with E-state index in [1.54, 1.807) is 0 Å². The average Bonchev–Trinajstić information content (AvgIpc) is 2.80.